The number of rotatable bonds is 6. The Kier molecular flexibility index (Phi) is 4.96. The van der Waals surface area contributed by atoms with E-state index < -0.39 is 0 Å². The zero-order valence-corrected chi connectivity index (χ0v) is 14.3. The molecule has 1 aromatic carbocycles. The second kappa shape index (κ2) is 7.12. The van der Waals surface area contributed by atoms with E-state index in [4.69, 9.17) is 9.26 Å². The lowest BCUT2D eigenvalue weighted by molar-refractivity contribution is 0.391. The molecule has 9 heteroatoms. The minimum atomic E-state index is 0.566. The minimum Gasteiger partial charge on any atom is -0.497 e. The number of ether oxygens (including phenoxy) is 1. The number of hydrogen-bond donors (Lipinski definition) is 0. The molecule has 0 bridgehead atoms. The standard InChI is InChI=1S/C13H12N4O2S3/c1-18-9-5-3-8(4-6-9)11-14-10(19-17-11)7-21-13-16-15-12(20-2)22-13/h3-6H,7H2,1-2H3. The maximum atomic E-state index is 5.27. The fourth-order valence-electron chi connectivity index (χ4n) is 1.63. The summed E-state index contributed by atoms with van der Waals surface area (Å²) in [5, 5.41) is 12.1. The second-order valence-electron chi connectivity index (χ2n) is 4.07. The third kappa shape index (κ3) is 3.60. The molecule has 3 aromatic rings. The first kappa shape index (κ1) is 15.3. The molecule has 0 saturated carbocycles. The van der Waals surface area contributed by atoms with Crippen LogP contribution in [0.5, 0.6) is 5.75 Å². The molecule has 0 spiro atoms. The van der Waals surface area contributed by atoms with Gasteiger partial charge >= 0.3 is 0 Å². The summed E-state index contributed by atoms with van der Waals surface area (Å²) < 4.78 is 12.2. The summed E-state index contributed by atoms with van der Waals surface area (Å²) in [7, 11) is 1.63. The van der Waals surface area contributed by atoms with Gasteiger partial charge in [0.05, 0.1) is 12.9 Å². The second-order valence-corrected chi connectivity index (χ2v) is 7.32. The van der Waals surface area contributed by atoms with Crippen LogP contribution in [-0.2, 0) is 5.75 Å². The molecule has 3 rings (SSSR count). The summed E-state index contributed by atoms with van der Waals surface area (Å²) in [5.41, 5.74) is 0.890. The van der Waals surface area contributed by atoms with Gasteiger partial charge in [0.2, 0.25) is 11.7 Å². The molecule has 0 amide bonds. The molecule has 0 atom stereocenters. The number of aromatic nitrogens is 4. The van der Waals surface area contributed by atoms with Gasteiger partial charge in [-0.2, -0.15) is 4.98 Å². The number of benzene rings is 1. The predicted molar refractivity (Wildman–Crippen MR) is 87.5 cm³/mol. The van der Waals surface area contributed by atoms with E-state index >= 15 is 0 Å². The van der Waals surface area contributed by atoms with E-state index in [1.54, 1.807) is 30.2 Å². The molecule has 0 aliphatic heterocycles. The van der Waals surface area contributed by atoms with Crippen molar-refractivity contribution in [3.63, 3.8) is 0 Å². The molecule has 0 aliphatic rings. The van der Waals surface area contributed by atoms with Gasteiger partial charge in [-0.25, -0.2) is 0 Å². The Morgan fingerprint density at radius 3 is 2.64 bits per heavy atom. The van der Waals surface area contributed by atoms with Gasteiger partial charge in [-0.3, -0.25) is 0 Å². The Labute approximate surface area is 139 Å². The maximum Gasteiger partial charge on any atom is 0.237 e. The Morgan fingerprint density at radius 2 is 1.95 bits per heavy atom. The Balaban J connectivity index is 1.65. The third-order valence-electron chi connectivity index (χ3n) is 2.70. The molecule has 0 aliphatic carbocycles. The van der Waals surface area contributed by atoms with Crippen molar-refractivity contribution in [1.29, 1.82) is 0 Å². The molecule has 0 fully saturated rings. The molecule has 2 aromatic heterocycles. The van der Waals surface area contributed by atoms with Crippen LogP contribution in [0.2, 0.25) is 0 Å². The lowest BCUT2D eigenvalue weighted by Gasteiger charge is -1.98. The molecule has 22 heavy (non-hydrogen) atoms. The average molecular weight is 352 g/mol. The molecule has 0 saturated heterocycles. The lowest BCUT2D eigenvalue weighted by atomic mass is 10.2. The van der Waals surface area contributed by atoms with Crippen LogP contribution in [0.1, 0.15) is 5.89 Å². The zero-order chi connectivity index (χ0) is 15.4. The van der Waals surface area contributed by atoms with Gasteiger partial charge in [0.25, 0.3) is 0 Å². The van der Waals surface area contributed by atoms with Gasteiger partial charge < -0.3 is 9.26 Å². The third-order valence-corrected chi connectivity index (χ3v) is 5.71. The molecular weight excluding hydrogens is 340 g/mol. The summed E-state index contributed by atoms with van der Waals surface area (Å²) in [6.07, 6.45) is 1.98. The number of methoxy groups -OCH3 is 1. The van der Waals surface area contributed by atoms with Crippen molar-refractivity contribution >= 4 is 34.9 Å². The summed E-state index contributed by atoms with van der Waals surface area (Å²) in [6.45, 7) is 0. The van der Waals surface area contributed by atoms with E-state index in [0.29, 0.717) is 17.5 Å². The van der Waals surface area contributed by atoms with Crippen molar-refractivity contribution in [3.05, 3.63) is 30.2 Å². The first-order valence-corrected chi connectivity index (χ1v) is 9.28. The van der Waals surface area contributed by atoms with E-state index in [-0.39, 0.29) is 0 Å². The Hall–Kier alpha value is -1.58. The highest BCUT2D eigenvalue weighted by Gasteiger charge is 2.11. The van der Waals surface area contributed by atoms with Gasteiger partial charge in [0, 0.05) is 5.56 Å². The van der Waals surface area contributed by atoms with Gasteiger partial charge in [0.1, 0.15) is 5.75 Å². The zero-order valence-electron chi connectivity index (χ0n) is 11.8. The van der Waals surface area contributed by atoms with Gasteiger partial charge in [-0.15, -0.1) is 10.2 Å². The van der Waals surface area contributed by atoms with E-state index in [2.05, 4.69) is 20.3 Å². The minimum absolute atomic E-state index is 0.566. The number of nitrogens with zero attached hydrogens (tertiary/aromatic N) is 4. The van der Waals surface area contributed by atoms with Crippen LogP contribution in [-0.4, -0.2) is 33.7 Å². The SMILES string of the molecule is COc1ccc(-c2noc(CSc3nnc(SC)s3)n2)cc1. The first-order chi connectivity index (χ1) is 10.8. The van der Waals surface area contributed by atoms with Crippen molar-refractivity contribution in [3.8, 4) is 17.1 Å². The monoisotopic (exact) mass is 352 g/mol. The average Bonchev–Trinajstić information content (AvgIpc) is 3.22. The van der Waals surface area contributed by atoms with E-state index in [0.717, 1.165) is 20.0 Å². The molecule has 0 N–H and O–H groups in total. The normalized spacial score (nSPS) is 10.8. The number of thioether (sulfide) groups is 2. The van der Waals surface area contributed by atoms with Crippen molar-refractivity contribution in [2.45, 2.75) is 14.4 Å². The van der Waals surface area contributed by atoms with Crippen LogP contribution in [0.3, 0.4) is 0 Å². The Morgan fingerprint density at radius 1 is 1.18 bits per heavy atom. The van der Waals surface area contributed by atoms with Crippen LogP contribution in [0.4, 0.5) is 0 Å². The fraction of sp³-hybridized carbons (Fsp3) is 0.231. The largest absolute Gasteiger partial charge is 0.497 e. The van der Waals surface area contributed by atoms with E-state index in [1.807, 2.05) is 30.5 Å². The molecule has 0 unspecified atom stereocenters. The summed E-state index contributed by atoms with van der Waals surface area (Å²) >= 11 is 4.68. The van der Waals surface area contributed by atoms with Crippen LogP contribution in [0.15, 0.2) is 37.5 Å². The van der Waals surface area contributed by atoms with E-state index in [9.17, 15) is 0 Å². The van der Waals surface area contributed by atoms with Crippen molar-refractivity contribution in [2.75, 3.05) is 13.4 Å². The smallest absolute Gasteiger partial charge is 0.237 e. The van der Waals surface area contributed by atoms with Crippen LogP contribution in [0.25, 0.3) is 11.4 Å². The highest BCUT2D eigenvalue weighted by Crippen LogP contribution is 2.29. The topological polar surface area (TPSA) is 73.9 Å². The predicted octanol–water partition coefficient (Wildman–Crippen LogP) is 3.61. The molecular formula is C13H12N4O2S3. The van der Waals surface area contributed by atoms with Crippen LogP contribution < -0.4 is 4.74 Å². The number of hydrogen-bond acceptors (Lipinski definition) is 9. The highest BCUT2D eigenvalue weighted by molar-refractivity contribution is 8.02. The Bertz CT molecular complexity index is 742. The first-order valence-electron chi connectivity index (χ1n) is 6.26. The summed E-state index contributed by atoms with van der Waals surface area (Å²) in [6, 6.07) is 7.53. The summed E-state index contributed by atoms with van der Waals surface area (Å²) in [5.74, 6) is 2.51. The highest BCUT2D eigenvalue weighted by atomic mass is 32.2. The summed E-state index contributed by atoms with van der Waals surface area (Å²) in [4.78, 5) is 4.39. The van der Waals surface area contributed by atoms with E-state index in [1.165, 1.54) is 11.8 Å². The van der Waals surface area contributed by atoms with Crippen LogP contribution in [0, 0.1) is 0 Å². The van der Waals surface area contributed by atoms with Crippen molar-refractivity contribution in [1.82, 2.24) is 20.3 Å². The van der Waals surface area contributed by atoms with Crippen molar-refractivity contribution in [2.24, 2.45) is 0 Å². The quantitative estimate of drug-likeness (QED) is 0.623. The molecule has 0 radical (unpaired) electrons. The fourth-order valence-corrected chi connectivity index (χ4v) is 3.91. The molecule has 114 valence electrons. The van der Waals surface area contributed by atoms with Crippen molar-refractivity contribution < 1.29 is 9.26 Å². The van der Waals surface area contributed by atoms with Gasteiger partial charge in [-0.1, -0.05) is 40.0 Å². The van der Waals surface area contributed by atoms with Gasteiger partial charge in [-0.05, 0) is 30.5 Å². The lowest BCUT2D eigenvalue weighted by Crippen LogP contribution is -1.85. The molecule has 2 heterocycles. The maximum absolute atomic E-state index is 5.27. The van der Waals surface area contributed by atoms with Gasteiger partial charge in [0.15, 0.2) is 8.68 Å². The molecule has 6 nitrogen and oxygen atoms in total. The van der Waals surface area contributed by atoms with Crippen LogP contribution >= 0.6 is 34.9 Å².